The van der Waals surface area contributed by atoms with Crippen LogP contribution in [0.25, 0.3) is 0 Å². The molecule has 2 spiro atoms. The molecule has 8 heterocycles. The van der Waals surface area contributed by atoms with Gasteiger partial charge in [0, 0.05) is 57.9 Å². The number of hydrogen-bond acceptors (Lipinski definition) is 16. The minimum Gasteiger partial charge on any atom is -0.466 e. The van der Waals surface area contributed by atoms with Crippen LogP contribution in [0.5, 0.6) is 23.8 Å². The molecule has 2 aliphatic carbocycles. The smallest absolute Gasteiger partial charge is 0.321 e. The Hall–Kier alpha value is -7.28. The molecule has 18 heteroatoms. The second-order valence-corrected chi connectivity index (χ2v) is 23.5. The first-order valence-corrected chi connectivity index (χ1v) is 29.1. The van der Waals surface area contributed by atoms with Crippen molar-refractivity contribution in [2.75, 3.05) is 89.5 Å². The van der Waals surface area contributed by atoms with Gasteiger partial charge in [0.2, 0.25) is 23.6 Å². The highest BCUT2D eigenvalue weighted by Crippen LogP contribution is 2.54. The molecule has 4 aromatic rings. The first kappa shape index (κ1) is 53.4. The topological polar surface area (TPSA) is 190 Å². The van der Waals surface area contributed by atoms with Gasteiger partial charge >= 0.3 is 12.0 Å². The number of rotatable bonds is 14. The van der Waals surface area contributed by atoms with Crippen molar-refractivity contribution < 1.29 is 28.5 Å². The summed E-state index contributed by atoms with van der Waals surface area (Å²) in [6.45, 7) is 13.2. The van der Waals surface area contributed by atoms with Gasteiger partial charge in [0.1, 0.15) is 29.4 Å². The molecule has 8 atom stereocenters. The zero-order valence-electron chi connectivity index (χ0n) is 46.4. The lowest BCUT2D eigenvalue weighted by Crippen LogP contribution is -2.55. The van der Waals surface area contributed by atoms with Crippen molar-refractivity contribution in [2.24, 2.45) is 5.92 Å². The molecule has 12 rings (SSSR count). The van der Waals surface area contributed by atoms with Gasteiger partial charge in [-0.15, -0.1) is 0 Å². The highest BCUT2D eigenvalue weighted by molar-refractivity contribution is 5.88. The predicted molar refractivity (Wildman–Crippen MR) is 301 cm³/mol. The van der Waals surface area contributed by atoms with E-state index < -0.39 is 11.2 Å². The van der Waals surface area contributed by atoms with Gasteiger partial charge in [-0.3, -0.25) is 14.5 Å². The van der Waals surface area contributed by atoms with Crippen LogP contribution in [0.3, 0.4) is 0 Å². The zero-order valence-corrected chi connectivity index (χ0v) is 46.4. The van der Waals surface area contributed by atoms with Crippen molar-refractivity contribution in [1.82, 2.24) is 39.5 Å². The van der Waals surface area contributed by atoms with Crippen LogP contribution in [-0.2, 0) is 40.1 Å². The van der Waals surface area contributed by atoms with E-state index in [1.54, 1.807) is 9.80 Å². The minimum absolute atomic E-state index is 0.110. The third kappa shape index (κ3) is 9.97. The molecule has 4 fully saturated rings. The highest BCUT2D eigenvalue weighted by Gasteiger charge is 2.50. The number of nitrogens with zero attached hydrogens (tertiary/aromatic N) is 12. The summed E-state index contributed by atoms with van der Waals surface area (Å²) in [7, 11) is 4.37. The summed E-state index contributed by atoms with van der Waals surface area (Å²) in [4.78, 5) is 58.9. The number of likely N-dealkylation sites (tertiary alicyclic amines) is 2. The molecule has 0 radical (unpaired) electrons. The number of benzene rings is 2. The second-order valence-electron chi connectivity index (χ2n) is 23.5. The zero-order chi connectivity index (χ0) is 55.1. The molecular weight excluding hydrogens is 1010 g/mol. The highest BCUT2D eigenvalue weighted by atomic mass is 16.5. The number of aryl methyl sites for hydroxylation is 1. The summed E-state index contributed by atoms with van der Waals surface area (Å²) in [6.07, 6.45) is 13.8. The Morgan fingerprint density at radius 1 is 0.675 bits per heavy atom. The normalized spacial score (nSPS) is 27.9. The summed E-state index contributed by atoms with van der Waals surface area (Å²) in [6, 6.07) is 22.5. The quantitative estimate of drug-likeness (QED) is 0.117. The molecule has 0 bridgehead atoms. The average Bonchev–Trinajstić information content (AvgIpc) is 4.13. The molecule has 18 nitrogen and oxygen atoms in total. The van der Waals surface area contributed by atoms with E-state index >= 15 is 0 Å². The molecule has 0 saturated carbocycles. The van der Waals surface area contributed by atoms with Crippen LogP contribution in [0.4, 0.5) is 11.6 Å². The second kappa shape index (κ2) is 22.3. The summed E-state index contributed by atoms with van der Waals surface area (Å²) in [5.41, 5.74) is 5.89. The lowest BCUT2D eigenvalue weighted by Gasteiger charge is -2.46. The number of hydrogen-bond donors (Lipinski definition) is 0. The number of aromatic nitrogens is 4. The Balaban J connectivity index is 0.781. The summed E-state index contributed by atoms with van der Waals surface area (Å²) < 4.78 is 27.6. The number of piperazine rings is 2. The van der Waals surface area contributed by atoms with Crippen LogP contribution in [0.1, 0.15) is 110 Å². The summed E-state index contributed by atoms with van der Waals surface area (Å²) >= 11 is 0. The lowest BCUT2D eigenvalue weighted by molar-refractivity contribution is -0.129. The van der Waals surface area contributed by atoms with E-state index in [0.29, 0.717) is 94.6 Å². The van der Waals surface area contributed by atoms with E-state index in [9.17, 15) is 20.1 Å². The van der Waals surface area contributed by atoms with Gasteiger partial charge in [-0.1, -0.05) is 61.7 Å². The first-order valence-electron chi connectivity index (χ1n) is 29.1. The molecule has 4 saturated heterocycles. The van der Waals surface area contributed by atoms with E-state index in [-0.39, 0.29) is 48.8 Å². The maximum absolute atomic E-state index is 12.9. The van der Waals surface area contributed by atoms with Crippen LogP contribution in [0.2, 0.25) is 0 Å². The van der Waals surface area contributed by atoms with Crippen molar-refractivity contribution in [3.63, 3.8) is 0 Å². The van der Waals surface area contributed by atoms with Crippen molar-refractivity contribution in [3.05, 3.63) is 107 Å². The molecule has 4 unspecified atom stereocenters. The van der Waals surface area contributed by atoms with E-state index in [1.165, 1.54) is 40.8 Å². The Bertz CT molecular complexity index is 3120. The minimum atomic E-state index is -0.591. The van der Waals surface area contributed by atoms with Crippen LogP contribution < -0.4 is 28.7 Å². The van der Waals surface area contributed by atoms with Gasteiger partial charge in [-0.05, 0) is 144 Å². The molecule has 80 heavy (non-hydrogen) atoms. The Morgan fingerprint density at radius 3 is 1.88 bits per heavy atom. The van der Waals surface area contributed by atoms with Gasteiger partial charge in [0.15, 0.2) is 0 Å². The summed E-state index contributed by atoms with van der Waals surface area (Å²) in [5, 5.41) is 19.7. The number of anilines is 2. The van der Waals surface area contributed by atoms with Gasteiger partial charge in [-0.25, -0.2) is 0 Å². The number of fused-ring (bicyclic) bond motifs is 6. The molecule has 2 aromatic carbocycles. The van der Waals surface area contributed by atoms with Gasteiger partial charge in [0.05, 0.1) is 54.8 Å². The fraction of sp³-hybridized carbons (Fsp3) is 0.548. The van der Waals surface area contributed by atoms with Crippen LogP contribution in [-0.4, -0.2) is 155 Å². The van der Waals surface area contributed by atoms with E-state index in [4.69, 9.17) is 38.9 Å². The molecule has 0 N–H and O–H groups in total. The molecule has 418 valence electrons. The van der Waals surface area contributed by atoms with Crippen LogP contribution in [0, 0.1) is 28.6 Å². The molecule has 2 amide bonds. The maximum atomic E-state index is 12.9. The standard InChI is InChI=1S/C62H74N12O6/c1-5-53(75)73-33-31-71(38-44(73)21-28-63)55-50-20-27-62(80-57(50)67-59(65-55)77-35-23-43-13-11-30-69(43)3)25-18-47(48-14-8-10-16-52(48)62)42-36-46(70(4)37-42)40-78-60-66-56(72-32-34-74(54(76)6-2)45(39-72)22-29-64)49-19-26-61(79-58(49)68-60)24-17-41-12-7-9-15-51(41)61/h5-10,12,14-16,42-47H,1-2,11,13,17-27,30-40H2,3-4H3/t42?,43-,44-,45-,46-,47?,61?,62?/m0/s1. The van der Waals surface area contributed by atoms with Crippen LogP contribution in [0.15, 0.2) is 73.8 Å². The van der Waals surface area contributed by atoms with Crippen molar-refractivity contribution in [2.45, 2.75) is 131 Å². The molecule has 8 aliphatic rings. The lowest BCUT2D eigenvalue weighted by atomic mass is 9.67. The maximum Gasteiger partial charge on any atom is 0.321 e. The molecular formula is C62H74N12O6. The van der Waals surface area contributed by atoms with Gasteiger partial charge < -0.3 is 43.4 Å². The molecule has 2 aromatic heterocycles. The molecule has 6 aliphatic heterocycles. The Kier molecular flexibility index (Phi) is 14.9. The third-order valence-corrected chi connectivity index (χ3v) is 19.2. The van der Waals surface area contributed by atoms with Crippen molar-refractivity contribution in [3.8, 4) is 35.9 Å². The average molecular weight is 1080 g/mol. The number of likely N-dealkylation sites (N-methyl/N-ethyl adjacent to an activating group) is 1. The number of carbonyl (C=O) groups excluding carboxylic acids is 2. The largest absolute Gasteiger partial charge is 0.466 e. The van der Waals surface area contributed by atoms with E-state index in [1.807, 2.05) is 0 Å². The third-order valence-electron chi connectivity index (χ3n) is 19.2. The predicted octanol–water partition coefficient (Wildman–Crippen LogP) is 7.03. The van der Waals surface area contributed by atoms with E-state index in [2.05, 4.69) is 108 Å². The van der Waals surface area contributed by atoms with Crippen molar-refractivity contribution >= 4 is 23.5 Å². The number of amides is 2. The van der Waals surface area contributed by atoms with Gasteiger partial charge in [-0.2, -0.15) is 30.5 Å². The Morgan fingerprint density at radius 2 is 1.26 bits per heavy atom. The monoisotopic (exact) mass is 1080 g/mol. The fourth-order valence-electron chi connectivity index (χ4n) is 14.9. The first-order chi connectivity index (χ1) is 39.0. The van der Waals surface area contributed by atoms with Crippen LogP contribution >= 0.6 is 0 Å². The van der Waals surface area contributed by atoms with Gasteiger partial charge in [0.25, 0.3) is 0 Å². The fourth-order valence-corrected chi connectivity index (χ4v) is 14.9. The summed E-state index contributed by atoms with van der Waals surface area (Å²) in [5.74, 6) is 2.93. The number of ether oxygens (including phenoxy) is 4. The Labute approximate surface area is 470 Å². The number of nitriles is 2. The van der Waals surface area contributed by atoms with Crippen molar-refractivity contribution in [1.29, 1.82) is 10.5 Å². The van der Waals surface area contributed by atoms with E-state index in [0.717, 1.165) is 100 Å². The SMILES string of the molecule is C=CC(=O)N1CCN(c2nc(OC[C@@H]3CC(C4CCC5(CCc6c(nc(OCC[C@@H]7CCCN7C)nc6N6CCN(C(=O)C=C)[C@@H](CC#N)C6)O5)c5ccccc54)CN3C)nc3c2CCC2(CCc4ccccc42)O3)C[C@@H]1CC#N. The number of carbonyl (C=O) groups is 2.